The molecule has 1 saturated heterocycles. The SMILES string of the molecule is CNC(=O)c1nc(-c2ccc(N3CC[C@](C)(O)[C@@H]3C)c(C)c2F)no1. The highest BCUT2D eigenvalue weighted by molar-refractivity contribution is 5.89. The van der Waals surface area contributed by atoms with E-state index < -0.39 is 17.3 Å². The largest absolute Gasteiger partial charge is 0.388 e. The highest BCUT2D eigenvalue weighted by Crippen LogP contribution is 2.36. The van der Waals surface area contributed by atoms with Crippen molar-refractivity contribution in [2.75, 3.05) is 18.5 Å². The van der Waals surface area contributed by atoms with Crippen LogP contribution in [0.1, 0.15) is 36.5 Å². The first-order valence-electron chi connectivity index (χ1n) is 8.10. The van der Waals surface area contributed by atoms with Crippen LogP contribution < -0.4 is 10.2 Å². The zero-order valence-electron chi connectivity index (χ0n) is 14.6. The summed E-state index contributed by atoms with van der Waals surface area (Å²) in [4.78, 5) is 17.4. The van der Waals surface area contributed by atoms with Crippen LogP contribution in [-0.2, 0) is 0 Å². The molecule has 2 aromatic rings. The van der Waals surface area contributed by atoms with Crippen molar-refractivity contribution in [1.82, 2.24) is 15.5 Å². The maximum atomic E-state index is 14.9. The number of rotatable bonds is 3. The van der Waals surface area contributed by atoms with Gasteiger partial charge < -0.3 is 19.8 Å². The zero-order valence-corrected chi connectivity index (χ0v) is 14.6. The normalized spacial score (nSPS) is 23.1. The molecule has 1 aliphatic heterocycles. The summed E-state index contributed by atoms with van der Waals surface area (Å²) in [6.45, 7) is 6.04. The summed E-state index contributed by atoms with van der Waals surface area (Å²) in [6.07, 6.45) is 0.622. The number of carbonyl (C=O) groups is 1. The molecule has 1 amide bonds. The molecule has 7 nitrogen and oxygen atoms in total. The average molecular weight is 348 g/mol. The standard InChI is InChI=1S/C17H21FN4O3/c1-9-12(22-8-7-17(3,24)10(22)2)6-5-11(13(9)18)14-20-16(25-21-14)15(23)19-4/h5-6,10,24H,7-8H2,1-4H3,(H,19,23)/t10-,17-/m0/s1. The number of carbonyl (C=O) groups excluding carboxylic acids is 1. The Kier molecular flexibility index (Phi) is 4.24. The number of hydrogen-bond acceptors (Lipinski definition) is 6. The van der Waals surface area contributed by atoms with Gasteiger partial charge in [0.15, 0.2) is 0 Å². The second-order valence-electron chi connectivity index (χ2n) is 6.55. The zero-order chi connectivity index (χ0) is 18.4. The Morgan fingerprint density at radius 2 is 2.24 bits per heavy atom. The van der Waals surface area contributed by atoms with Crippen LogP contribution in [0, 0.1) is 12.7 Å². The molecule has 1 aliphatic rings. The van der Waals surface area contributed by atoms with E-state index in [9.17, 15) is 14.3 Å². The summed E-state index contributed by atoms with van der Waals surface area (Å²) in [5, 5.41) is 16.4. The number of aliphatic hydroxyl groups is 1. The predicted octanol–water partition coefficient (Wildman–Crippen LogP) is 1.89. The van der Waals surface area contributed by atoms with Gasteiger partial charge in [-0.15, -0.1) is 0 Å². The van der Waals surface area contributed by atoms with Crippen LogP contribution in [0.5, 0.6) is 0 Å². The minimum atomic E-state index is -0.808. The number of halogens is 1. The van der Waals surface area contributed by atoms with Crippen LogP contribution in [-0.4, -0.2) is 46.4 Å². The Hall–Kier alpha value is -2.48. The van der Waals surface area contributed by atoms with Crippen molar-refractivity contribution in [1.29, 1.82) is 0 Å². The van der Waals surface area contributed by atoms with Crippen molar-refractivity contribution in [2.24, 2.45) is 0 Å². The first-order chi connectivity index (χ1) is 11.8. The first kappa shape index (κ1) is 17.3. The molecule has 3 rings (SSSR count). The third-order valence-corrected chi connectivity index (χ3v) is 4.98. The van der Waals surface area contributed by atoms with E-state index in [-0.39, 0.29) is 23.3 Å². The van der Waals surface area contributed by atoms with Gasteiger partial charge in [-0.25, -0.2) is 4.39 Å². The maximum absolute atomic E-state index is 14.9. The lowest BCUT2D eigenvalue weighted by Crippen LogP contribution is -2.40. The van der Waals surface area contributed by atoms with Crippen molar-refractivity contribution in [3.63, 3.8) is 0 Å². The molecular weight excluding hydrogens is 327 g/mol. The molecule has 0 saturated carbocycles. The molecule has 0 unspecified atom stereocenters. The summed E-state index contributed by atoms with van der Waals surface area (Å²) >= 11 is 0. The Morgan fingerprint density at radius 3 is 2.84 bits per heavy atom. The van der Waals surface area contributed by atoms with Crippen LogP contribution in [0.3, 0.4) is 0 Å². The molecule has 0 aliphatic carbocycles. The fourth-order valence-electron chi connectivity index (χ4n) is 3.10. The fourth-order valence-corrected chi connectivity index (χ4v) is 3.10. The topological polar surface area (TPSA) is 91.5 Å². The molecule has 0 bridgehead atoms. The number of nitrogens with zero attached hydrogens (tertiary/aromatic N) is 3. The lowest BCUT2D eigenvalue weighted by Gasteiger charge is -2.31. The van der Waals surface area contributed by atoms with Crippen LogP contribution in [0.2, 0.25) is 0 Å². The van der Waals surface area contributed by atoms with Crippen LogP contribution in [0.15, 0.2) is 16.7 Å². The number of anilines is 1. The molecule has 0 spiro atoms. The van der Waals surface area contributed by atoms with Crippen LogP contribution in [0.4, 0.5) is 10.1 Å². The number of aromatic nitrogens is 2. The first-order valence-corrected chi connectivity index (χ1v) is 8.10. The molecule has 2 heterocycles. The Labute approximate surface area is 144 Å². The van der Waals surface area contributed by atoms with Gasteiger partial charge in [-0.1, -0.05) is 5.16 Å². The molecular formula is C17H21FN4O3. The quantitative estimate of drug-likeness (QED) is 0.880. The van der Waals surface area contributed by atoms with Crippen LogP contribution >= 0.6 is 0 Å². The lowest BCUT2D eigenvalue weighted by atomic mass is 9.98. The van der Waals surface area contributed by atoms with Gasteiger partial charge in [-0.2, -0.15) is 4.98 Å². The third kappa shape index (κ3) is 2.86. The van der Waals surface area contributed by atoms with E-state index >= 15 is 0 Å². The minimum absolute atomic E-state index is 0.0206. The van der Waals surface area contributed by atoms with Gasteiger partial charge in [0.1, 0.15) is 5.82 Å². The van der Waals surface area contributed by atoms with E-state index in [2.05, 4.69) is 15.5 Å². The van der Waals surface area contributed by atoms with Gasteiger partial charge in [0, 0.05) is 24.8 Å². The van der Waals surface area contributed by atoms with Crippen molar-refractivity contribution in [3.8, 4) is 11.4 Å². The molecule has 1 aromatic heterocycles. The summed E-state index contributed by atoms with van der Waals surface area (Å²) < 4.78 is 19.8. The molecule has 8 heteroatoms. The van der Waals surface area contributed by atoms with Crippen LogP contribution in [0.25, 0.3) is 11.4 Å². The highest BCUT2D eigenvalue weighted by atomic mass is 19.1. The number of amides is 1. The maximum Gasteiger partial charge on any atom is 0.316 e. The predicted molar refractivity (Wildman–Crippen MR) is 89.9 cm³/mol. The third-order valence-electron chi connectivity index (χ3n) is 4.98. The number of hydrogen-bond donors (Lipinski definition) is 2. The van der Waals surface area contributed by atoms with Gasteiger partial charge in [-0.05, 0) is 39.3 Å². The molecule has 2 atom stereocenters. The van der Waals surface area contributed by atoms with Crippen molar-refractivity contribution in [2.45, 2.75) is 38.8 Å². The molecule has 1 aromatic carbocycles. The number of benzene rings is 1. The average Bonchev–Trinajstić information content (AvgIpc) is 3.16. The molecule has 0 radical (unpaired) electrons. The van der Waals surface area contributed by atoms with E-state index in [1.54, 1.807) is 26.0 Å². The fraction of sp³-hybridized carbons (Fsp3) is 0.471. The molecule has 2 N–H and O–H groups in total. The van der Waals surface area contributed by atoms with E-state index in [4.69, 9.17) is 4.52 Å². The van der Waals surface area contributed by atoms with E-state index in [0.29, 0.717) is 18.5 Å². The highest BCUT2D eigenvalue weighted by Gasteiger charge is 2.40. The Balaban J connectivity index is 1.96. The molecule has 1 fully saturated rings. The van der Waals surface area contributed by atoms with Gasteiger partial charge in [-0.3, -0.25) is 4.79 Å². The van der Waals surface area contributed by atoms with Gasteiger partial charge >= 0.3 is 11.8 Å². The second kappa shape index (κ2) is 6.11. The lowest BCUT2D eigenvalue weighted by molar-refractivity contribution is 0.0565. The van der Waals surface area contributed by atoms with Gasteiger partial charge in [0.25, 0.3) is 0 Å². The molecule has 25 heavy (non-hydrogen) atoms. The minimum Gasteiger partial charge on any atom is -0.388 e. The summed E-state index contributed by atoms with van der Waals surface area (Å²) in [6, 6.07) is 3.22. The van der Waals surface area contributed by atoms with E-state index in [1.165, 1.54) is 7.05 Å². The van der Waals surface area contributed by atoms with E-state index in [1.807, 2.05) is 11.8 Å². The summed E-state index contributed by atoms with van der Waals surface area (Å²) in [7, 11) is 1.44. The monoisotopic (exact) mass is 348 g/mol. The number of nitrogens with one attached hydrogen (secondary N) is 1. The Morgan fingerprint density at radius 1 is 1.52 bits per heavy atom. The van der Waals surface area contributed by atoms with Gasteiger partial charge in [0.2, 0.25) is 5.82 Å². The van der Waals surface area contributed by atoms with E-state index in [0.717, 1.165) is 5.69 Å². The smallest absolute Gasteiger partial charge is 0.316 e. The van der Waals surface area contributed by atoms with Gasteiger partial charge in [0.05, 0.1) is 17.2 Å². The second-order valence-corrected chi connectivity index (χ2v) is 6.55. The summed E-state index contributed by atoms with van der Waals surface area (Å²) in [5.41, 5.74) is 0.520. The van der Waals surface area contributed by atoms with Crippen molar-refractivity contribution < 1.29 is 18.8 Å². The van der Waals surface area contributed by atoms with Crippen molar-refractivity contribution in [3.05, 3.63) is 29.4 Å². The summed E-state index contributed by atoms with van der Waals surface area (Å²) in [5.74, 6) is -1.20. The Bertz CT molecular complexity index is 818. The molecule has 134 valence electrons. The van der Waals surface area contributed by atoms with Crippen molar-refractivity contribution >= 4 is 11.6 Å².